The fourth-order valence-corrected chi connectivity index (χ4v) is 6.37. The summed E-state index contributed by atoms with van der Waals surface area (Å²) >= 11 is 0. The number of rotatable bonds is 5. The van der Waals surface area contributed by atoms with Gasteiger partial charge in [-0.2, -0.15) is 0 Å². The van der Waals surface area contributed by atoms with Crippen LogP contribution in [0.2, 0.25) is 0 Å². The molecular weight excluding hydrogens is 434 g/mol. The lowest BCUT2D eigenvalue weighted by Gasteiger charge is -2.21. The maximum atomic E-state index is 13.6. The molecule has 172 valence electrons. The minimum atomic E-state index is -3.83. The lowest BCUT2D eigenvalue weighted by Crippen LogP contribution is -2.17. The molecule has 2 N–H and O–H groups in total. The van der Waals surface area contributed by atoms with Crippen LogP contribution in [0, 0.1) is 33.6 Å². The Morgan fingerprint density at radius 3 is 2.27 bits per heavy atom. The zero-order chi connectivity index (χ0) is 23.9. The van der Waals surface area contributed by atoms with Gasteiger partial charge < -0.3 is 5.11 Å². The second-order valence-corrected chi connectivity index (χ2v) is 10.6. The summed E-state index contributed by atoms with van der Waals surface area (Å²) in [6, 6.07) is 13.6. The van der Waals surface area contributed by atoms with Crippen molar-refractivity contribution >= 4 is 38.0 Å². The average molecular weight is 464 g/mol. The van der Waals surface area contributed by atoms with E-state index >= 15 is 0 Å². The predicted molar refractivity (Wildman–Crippen MR) is 133 cm³/mol. The van der Waals surface area contributed by atoms with Gasteiger partial charge in [0.05, 0.1) is 16.5 Å². The molecule has 5 nitrogen and oxygen atoms in total. The molecule has 0 aromatic heterocycles. The van der Waals surface area contributed by atoms with E-state index in [1.54, 1.807) is 0 Å². The van der Waals surface area contributed by atoms with Crippen LogP contribution in [0.5, 0.6) is 0 Å². The van der Waals surface area contributed by atoms with Crippen molar-refractivity contribution in [3.8, 4) is 0 Å². The zero-order valence-electron chi connectivity index (χ0n) is 19.4. The van der Waals surface area contributed by atoms with Crippen molar-refractivity contribution in [2.75, 3.05) is 4.72 Å². The van der Waals surface area contributed by atoms with Crippen LogP contribution in [0.15, 0.2) is 53.4 Å². The first-order chi connectivity index (χ1) is 15.6. The highest BCUT2D eigenvalue weighted by Gasteiger charge is 2.25. The molecule has 1 aliphatic rings. The SMILES string of the molecule is Cc1cc(C)c(C)c(S(=O)(=O)Nc2cc(C3=CC[C@H](C(=O)O)CC3)cc3ccccc23)c1C. The number of carbonyl (C=O) groups is 1. The van der Waals surface area contributed by atoms with Crippen molar-refractivity contribution in [2.45, 2.75) is 51.9 Å². The minimum absolute atomic E-state index is 0.329. The number of carboxylic acids is 1. The monoisotopic (exact) mass is 463 g/mol. The first-order valence-corrected chi connectivity index (χ1v) is 12.6. The van der Waals surface area contributed by atoms with Crippen molar-refractivity contribution in [3.63, 3.8) is 0 Å². The van der Waals surface area contributed by atoms with Crippen molar-refractivity contribution in [3.05, 3.63) is 76.4 Å². The summed E-state index contributed by atoms with van der Waals surface area (Å²) in [5.41, 5.74) is 5.89. The Kier molecular flexibility index (Phi) is 6.06. The molecule has 33 heavy (non-hydrogen) atoms. The van der Waals surface area contributed by atoms with Gasteiger partial charge in [-0.05, 0) is 97.9 Å². The van der Waals surface area contributed by atoms with Gasteiger partial charge in [0.15, 0.2) is 0 Å². The summed E-state index contributed by atoms with van der Waals surface area (Å²) in [6.07, 6.45) is 3.69. The molecule has 0 bridgehead atoms. The highest BCUT2D eigenvalue weighted by molar-refractivity contribution is 7.92. The lowest BCUT2D eigenvalue weighted by molar-refractivity contribution is -0.141. The standard InChI is InChI=1S/C27H29NO4S/c1-16-13-17(2)19(4)26(18(16)3)33(31,32)28-25-15-23(14-22-7-5-6-8-24(22)25)20-9-11-21(12-10-20)27(29)30/h5-9,13-15,21,28H,10-12H2,1-4H3,(H,29,30)/t21-/m0/s1. The molecular formula is C27H29NO4S. The molecule has 1 atom stereocenters. The van der Waals surface area contributed by atoms with Crippen molar-refractivity contribution in [2.24, 2.45) is 5.92 Å². The van der Waals surface area contributed by atoms with Crippen LogP contribution in [0.3, 0.4) is 0 Å². The van der Waals surface area contributed by atoms with Crippen LogP contribution in [-0.4, -0.2) is 19.5 Å². The van der Waals surface area contributed by atoms with E-state index in [4.69, 9.17) is 0 Å². The first-order valence-electron chi connectivity index (χ1n) is 11.1. The molecule has 3 aromatic carbocycles. The summed E-state index contributed by atoms with van der Waals surface area (Å²) in [6.45, 7) is 7.54. The first kappa shape index (κ1) is 23.1. The molecule has 0 saturated heterocycles. The summed E-state index contributed by atoms with van der Waals surface area (Å²) in [7, 11) is -3.83. The number of sulfonamides is 1. The van der Waals surface area contributed by atoms with Gasteiger partial charge in [-0.25, -0.2) is 8.42 Å². The molecule has 0 radical (unpaired) electrons. The lowest BCUT2D eigenvalue weighted by atomic mass is 9.86. The Morgan fingerprint density at radius 1 is 1.00 bits per heavy atom. The Balaban J connectivity index is 1.81. The van der Waals surface area contributed by atoms with Crippen molar-refractivity contribution in [1.82, 2.24) is 0 Å². The molecule has 0 amide bonds. The van der Waals surface area contributed by atoms with Crippen LogP contribution in [0.4, 0.5) is 5.69 Å². The van der Waals surface area contributed by atoms with Gasteiger partial charge in [-0.1, -0.05) is 36.4 Å². The van der Waals surface area contributed by atoms with E-state index in [0.29, 0.717) is 29.8 Å². The molecule has 0 fully saturated rings. The van der Waals surface area contributed by atoms with Crippen LogP contribution in [0.25, 0.3) is 16.3 Å². The van der Waals surface area contributed by atoms with E-state index in [1.165, 1.54) is 0 Å². The molecule has 4 rings (SSSR count). The van der Waals surface area contributed by atoms with Gasteiger partial charge in [-0.3, -0.25) is 9.52 Å². The van der Waals surface area contributed by atoms with E-state index in [-0.39, 0.29) is 5.92 Å². The molecule has 0 saturated carbocycles. The Hall–Kier alpha value is -3.12. The Bertz CT molecular complexity index is 1380. The number of hydrogen-bond acceptors (Lipinski definition) is 3. The second kappa shape index (κ2) is 8.67. The van der Waals surface area contributed by atoms with Crippen LogP contribution in [-0.2, 0) is 14.8 Å². The minimum Gasteiger partial charge on any atom is -0.481 e. The number of carboxylic acid groups (broad SMARTS) is 1. The molecule has 6 heteroatoms. The predicted octanol–water partition coefficient (Wildman–Crippen LogP) is 6.14. The number of aryl methyl sites for hydroxylation is 2. The average Bonchev–Trinajstić information content (AvgIpc) is 2.77. The van der Waals surface area contributed by atoms with Crippen LogP contribution in [0.1, 0.15) is 47.1 Å². The van der Waals surface area contributed by atoms with Gasteiger partial charge in [0.1, 0.15) is 0 Å². The summed E-state index contributed by atoms with van der Waals surface area (Å²) < 4.78 is 30.1. The molecule has 0 spiro atoms. The van der Waals surface area contributed by atoms with E-state index in [0.717, 1.165) is 44.2 Å². The molecule has 1 aliphatic carbocycles. The molecule has 0 unspecified atom stereocenters. The maximum Gasteiger partial charge on any atom is 0.306 e. The van der Waals surface area contributed by atoms with Crippen molar-refractivity contribution < 1.29 is 18.3 Å². The largest absolute Gasteiger partial charge is 0.481 e. The highest BCUT2D eigenvalue weighted by atomic mass is 32.2. The van der Waals surface area contributed by atoms with Crippen LogP contribution >= 0.6 is 0 Å². The van der Waals surface area contributed by atoms with Gasteiger partial charge >= 0.3 is 5.97 Å². The fourth-order valence-electron chi connectivity index (χ4n) is 4.68. The highest BCUT2D eigenvalue weighted by Crippen LogP contribution is 2.36. The molecule has 0 aliphatic heterocycles. The third-order valence-corrected chi connectivity index (χ3v) is 8.44. The van der Waals surface area contributed by atoms with Crippen molar-refractivity contribution in [1.29, 1.82) is 0 Å². The third kappa shape index (κ3) is 4.40. The maximum absolute atomic E-state index is 13.6. The van der Waals surface area contributed by atoms with E-state index in [1.807, 2.05) is 76.2 Å². The smallest absolute Gasteiger partial charge is 0.306 e. The number of aliphatic carboxylic acids is 1. The number of fused-ring (bicyclic) bond motifs is 1. The van der Waals surface area contributed by atoms with E-state index in [2.05, 4.69) is 4.72 Å². The van der Waals surface area contributed by atoms with Crippen LogP contribution < -0.4 is 4.72 Å². The van der Waals surface area contributed by atoms with E-state index < -0.39 is 16.0 Å². The Labute approximate surface area is 195 Å². The van der Waals surface area contributed by atoms with E-state index in [9.17, 15) is 18.3 Å². The summed E-state index contributed by atoms with van der Waals surface area (Å²) in [5.74, 6) is -1.13. The summed E-state index contributed by atoms with van der Waals surface area (Å²) in [4.78, 5) is 11.6. The third-order valence-electron chi connectivity index (χ3n) is 6.80. The fraction of sp³-hybridized carbons (Fsp3) is 0.296. The van der Waals surface area contributed by atoms with Gasteiger partial charge in [0, 0.05) is 5.39 Å². The number of nitrogens with one attached hydrogen (secondary N) is 1. The number of hydrogen-bond donors (Lipinski definition) is 2. The zero-order valence-corrected chi connectivity index (χ0v) is 20.2. The number of benzene rings is 3. The quantitative estimate of drug-likeness (QED) is 0.476. The van der Waals surface area contributed by atoms with Gasteiger partial charge in [0.25, 0.3) is 10.0 Å². The van der Waals surface area contributed by atoms with Gasteiger partial charge in [-0.15, -0.1) is 0 Å². The topological polar surface area (TPSA) is 83.5 Å². The second-order valence-electron chi connectivity index (χ2n) is 8.98. The number of anilines is 1. The molecule has 0 heterocycles. The Morgan fingerprint density at radius 2 is 1.67 bits per heavy atom. The van der Waals surface area contributed by atoms with Gasteiger partial charge in [0.2, 0.25) is 0 Å². The normalized spacial score (nSPS) is 16.5. The number of allylic oxidation sites excluding steroid dienone is 2. The summed E-state index contributed by atoms with van der Waals surface area (Å²) in [5, 5.41) is 11.1. The molecule has 3 aromatic rings.